The van der Waals surface area contributed by atoms with Gasteiger partial charge in [-0.3, -0.25) is 107 Å². The summed E-state index contributed by atoms with van der Waals surface area (Å²) in [6.45, 7) is 17.5. The van der Waals surface area contributed by atoms with Crippen molar-refractivity contribution in [2.75, 3.05) is 45.9 Å². The molecule has 0 unspecified atom stereocenters. The number of nitrogens with one attached hydrogen (secondary N) is 21. The molecular formula is C89H146N24O27. The van der Waals surface area contributed by atoms with Gasteiger partial charge in [0.05, 0.1) is 31.8 Å². The summed E-state index contributed by atoms with van der Waals surface area (Å²) in [7, 11) is 0. The highest BCUT2D eigenvalue weighted by molar-refractivity contribution is 6.02. The van der Waals surface area contributed by atoms with E-state index in [0.29, 0.717) is 31.4 Å². The molecule has 0 spiro atoms. The number of rotatable bonds is 63. The van der Waals surface area contributed by atoms with E-state index >= 15 is 0 Å². The van der Waals surface area contributed by atoms with Gasteiger partial charge in [-0.1, -0.05) is 126 Å². The fraction of sp³-hybridized carbons (Fsp3) is 0.674. The molecule has 0 aliphatic carbocycles. The molecule has 0 aromatic heterocycles. The maximum atomic E-state index is 14.4. The number of aliphatic carboxylic acids is 4. The van der Waals surface area contributed by atoms with Crippen LogP contribution in [0.2, 0.25) is 0 Å². The van der Waals surface area contributed by atoms with Gasteiger partial charge in [-0.05, 0) is 125 Å². The Morgan fingerprint density at radius 1 is 0.400 bits per heavy atom. The lowest BCUT2D eigenvalue weighted by Gasteiger charge is -2.30. The zero-order chi connectivity index (χ0) is 106. The SMILES string of the molecule is CC[C@H](C)[C@H](NC(=O)[C@@H](NC(=O)[C@@H](NC(=O)[C@H](CCCNC(=N)N)NC(=O)[C@H](CCCNC(=N)N)NC(=O)CNC(=O)[C@H](CCC(=O)O)NC(=O)[C@@H](NC(=O)[C@H](CO)NC(=O)[C@@H](NC(=O)[C@@H](NC(=O)[C@H](CCC(=O)O)NC(=O)[C@H](CCC(=O)O)NC(=O)[C@@H]1CCCN1C(=O)CNC(=O)[C@H](Cc1ccccc1)NC(=O)[C@@H](NC(=O)[C@@H]1CCCN1)[C@@H](C)CC)C(C)C)[C@@H](C)O)C(C)C)C(C)C)C(C)C)C(=O)O. The van der Waals surface area contributed by atoms with E-state index in [1.54, 1.807) is 78.8 Å². The molecule has 0 saturated carbocycles. The number of nitrogens with two attached hydrogens (primary N) is 2. The molecule has 784 valence electrons. The smallest absolute Gasteiger partial charge is 0.326 e. The number of hydrogen-bond acceptors (Lipinski definition) is 26. The third-order valence-corrected chi connectivity index (χ3v) is 23.5. The van der Waals surface area contributed by atoms with Gasteiger partial charge in [-0.15, -0.1) is 0 Å². The van der Waals surface area contributed by atoms with Gasteiger partial charge < -0.3 is 148 Å². The molecule has 19 atom stereocenters. The Kier molecular flexibility index (Phi) is 52.6. The predicted octanol–water partition coefficient (Wildman–Crippen LogP) is -6.71. The Bertz CT molecular complexity index is 4440. The summed E-state index contributed by atoms with van der Waals surface area (Å²) < 4.78 is 0. The standard InChI is InChI=1S/C89H146N24O27/c1-14-47(11)69(110-74(126)51-25-19-35-94-51)85(137)104-57(39-50-23-17-16-18-24-50)73(125)98-41-61(117)113-38-22-28-59(113)80(132)102-55(30-33-63(120)121)76(128)101-56(31-34-64(122)123)78(130)107-67(45(7)8)84(136)112-71(49(13)115)86(138)105-58(42-114)79(131)108-65(43(3)4)81(133)103-54(29-32-62(118)119)72(124)97-40-60(116)99-52(26-20-36-95-88(90)91)75(127)100-53(27-21-37-96-89(92)93)77(129)106-66(44(5)6)82(134)109-68(46(9)10)83(135)111-70(87(139)140)48(12)15-2/h16-18,23-24,43-49,51-59,65-71,94,114-115H,14-15,19-22,25-42H2,1-13H3,(H,97,124)(H,98,125)(H,99,116)(H,100,127)(H,101,128)(H,102,132)(H,103,133)(H,104,137)(H,105,138)(H,106,129)(H,107,130)(H,108,131)(H,109,134)(H,110,126)(H,111,135)(H,112,136)(H,118,119)(H,120,121)(H,122,123)(H,139,140)(H4,90,91,95)(H4,92,93,96)/t47-,48-,49+,51-,52-,53-,54-,55-,56-,57-,58-,59-,65-,66-,67-,68-,69-,70-,71-/m0/s1. The van der Waals surface area contributed by atoms with Crippen LogP contribution in [0.4, 0.5) is 0 Å². The van der Waals surface area contributed by atoms with E-state index in [4.69, 9.17) is 22.3 Å². The van der Waals surface area contributed by atoms with Crippen LogP contribution in [0.15, 0.2) is 30.3 Å². The van der Waals surface area contributed by atoms with Crippen molar-refractivity contribution in [3.05, 3.63) is 35.9 Å². The van der Waals surface area contributed by atoms with Gasteiger partial charge >= 0.3 is 23.9 Å². The number of aliphatic hydroxyl groups excluding tert-OH is 2. The van der Waals surface area contributed by atoms with Crippen LogP contribution < -0.4 is 112 Å². The Labute approximate surface area is 811 Å². The highest BCUT2D eigenvalue weighted by Crippen LogP contribution is 2.21. The molecule has 140 heavy (non-hydrogen) atoms. The Hall–Kier alpha value is -13.5. The van der Waals surface area contributed by atoms with Crippen LogP contribution in [-0.4, -0.2) is 320 Å². The summed E-state index contributed by atoms with van der Waals surface area (Å²) in [5, 5.41) is 123. The molecule has 2 aliphatic heterocycles. The number of nitrogens with zero attached hydrogens (tertiary/aromatic N) is 1. The van der Waals surface area contributed by atoms with Gasteiger partial charge in [0, 0.05) is 45.3 Å². The summed E-state index contributed by atoms with van der Waals surface area (Å²) in [6, 6.07) is -15.7. The largest absolute Gasteiger partial charge is 0.481 e. The highest BCUT2D eigenvalue weighted by Gasteiger charge is 2.43. The monoisotopic (exact) mass is 1980 g/mol. The van der Waals surface area contributed by atoms with Gasteiger partial charge in [0.2, 0.25) is 100 Å². The van der Waals surface area contributed by atoms with E-state index in [2.05, 4.69) is 101 Å². The maximum absolute atomic E-state index is 14.4. The van der Waals surface area contributed by atoms with Crippen LogP contribution in [0.1, 0.15) is 198 Å². The second-order valence-electron chi connectivity index (χ2n) is 36.2. The molecule has 3 rings (SSSR count). The number of carboxylic acids is 4. The zero-order valence-corrected chi connectivity index (χ0v) is 81.5. The second-order valence-corrected chi connectivity index (χ2v) is 36.2. The predicted molar refractivity (Wildman–Crippen MR) is 503 cm³/mol. The number of carboxylic acid groups (broad SMARTS) is 4. The number of carbonyl (C=O) groups is 21. The minimum absolute atomic E-state index is 0.00194. The van der Waals surface area contributed by atoms with Crippen LogP contribution in [0.3, 0.4) is 0 Å². The van der Waals surface area contributed by atoms with Crippen molar-refractivity contribution in [2.24, 2.45) is 47.0 Å². The van der Waals surface area contributed by atoms with Gasteiger partial charge in [0.1, 0.15) is 90.6 Å². The molecule has 2 heterocycles. The lowest BCUT2D eigenvalue weighted by atomic mass is 9.96. The first-order valence-corrected chi connectivity index (χ1v) is 47.0. The van der Waals surface area contributed by atoms with E-state index in [1.165, 1.54) is 27.7 Å². The van der Waals surface area contributed by atoms with Crippen molar-refractivity contribution in [2.45, 2.75) is 302 Å². The number of carbonyl (C=O) groups excluding carboxylic acids is 17. The van der Waals surface area contributed by atoms with Crippen LogP contribution in [0.25, 0.3) is 0 Å². The average molecular weight is 1980 g/mol. The van der Waals surface area contributed by atoms with E-state index < -0.39 is 321 Å². The minimum atomic E-state index is -2.06. The lowest BCUT2D eigenvalue weighted by molar-refractivity contribution is -0.144. The van der Waals surface area contributed by atoms with Crippen LogP contribution in [0.5, 0.6) is 0 Å². The number of hydrogen-bond donors (Lipinski definition) is 29. The highest BCUT2D eigenvalue weighted by atomic mass is 16.4. The van der Waals surface area contributed by atoms with Crippen LogP contribution >= 0.6 is 0 Å². The molecule has 2 aliphatic rings. The van der Waals surface area contributed by atoms with E-state index in [9.17, 15) is 131 Å². The molecular weight excluding hydrogens is 1840 g/mol. The molecule has 31 N–H and O–H groups in total. The van der Waals surface area contributed by atoms with Crippen molar-refractivity contribution in [1.29, 1.82) is 10.8 Å². The zero-order valence-electron chi connectivity index (χ0n) is 81.5. The van der Waals surface area contributed by atoms with Crippen molar-refractivity contribution < 1.29 is 131 Å². The molecule has 51 nitrogen and oxygen atoms in total. The molecule has 0 bridgehead atoms. The summed E-state index contributed by atoms with van der Waals surface area (Å²) in [4.78, 5) is 289. The van der Waals surface area contributed by atoms with E-state index in [1.807, 2.05) is 6.92 Å². The molecule has 1 aromatic carbocycles. The minimum Gasteiger partial charge on any atom is -0.481 e. The Morgan fingerprint density at radius 2 is 0.764 bits per heavy atom. The number of amides is 17. The molecule has 2 saturated heterocycles. The van der Waals surface area contributed by atoms with Gasteiger partial charge in [-0.25, -0.2) is 4.79 Å². The molecule has 0 radical (unpaired) electrons. The first-order chi connectivity index (χ1) is 65.8. The topological polar surface area (TPSA) is 811 Å². The third-order valence-electron chi connectivity index (χ3n) is 23.5. The molecule has 2 fully saturated rings. The van der Waals surface area contributed by atoms with Crippen molar-refractivity contribution in [1.82, 2.24) is 106 Å². The number of benzene rings is 1. The van der Waals surface area contributed by atoms with Crippen LogP contribution in [0, 0.1) is 46.3 Å². The van der Waals surface area contributed by atoms with Crippen molar-refractivity contribution in [3.8, 4) is 0 Å². The molecule has 51 heteroatoms. The fourth-order valence-corrected chi connectivity index (χ4v) is 14.9. The van der Waals surface area contributed by atoms with Gasteiger partial charge in [0.25, 0.3) is 0 Å². The summed E-state index contributed by atoms with van der Waals surface area (Å²) >= 11 is 0. The van der Waals surface area contributed by atoms with Gasteiger partial charge in [-0.2, -0.15) is 0 Å². The van der Waals surface area contributed by atoms with E-state index in [0.717, 1.165) is 18.2 Å². The average Bonchev–Trinajstić information content (AvgIpc) is 1.39. The summed E-state index contributed by atoms with van der Waals surface area (Å²) in [6.07, 6.45) is -4.31. The fourth-order valence-electron chi connectivity index (χ4n) is 14.9. The maximum Gasteiger partial charge on any atom is 0.326 e. The van der Waals surface area contributed by atoms with Crippen molar-refractivity contribution >= 4 is 136 Å². The number of aliphatic hydroxyl groups is 2. The Balaban J connectivity index is 1.83. The van der Waals surface area contributed by atoms with Crippen LogP contribution in [-0.2, 0) is 107 Å². The first-order valence-electron chi connectivity index (χ1n) is 47.0. The van der Waals surface area contributed by atoms with Gasteiger partial charge in [0.15, 0.2) is 11.9 Å². The lowest BCUT2D eigenvalue weighted by Crippen LogP contribution is -2.63. The molecule has 17 amide bonds. The number of guanidine groups is 2. The quantitative estimate of drug-likeness (QED) is 0.0164. The Morgan fingerprint density at radius 3 is 1.19 bits per heavy atom. The first kappa shape index (κ1) is 121. The van der Waals surface area contributed by atoms with Crippen molar-refractivity contribution in [3.63, 3.8) is 0 Å². The third kappa shape index (κ3) is 42.1. The number of likely N-dealkylation sites (tertiary alicyclic amines) is 1. The second kappa shape index (κ2) is 61.1. The van der Waals surface area contributed by atoms with E-state index in [-0.39, 0.29) is 76.4 Å². The summed E-state index contributed by atoms with van der Waals surface area (Å²) in [5.41, 5.74) is 11.6. The summed E-state index contributed by atoms with van der Waals surface area (Å²) in [5.74, 6) is -27.7. The normalized spacial score (nSPS) is 17.0. The molecule has 1 aromatic rings.